The fourth-order valence-corrected chi connectivity index (χ4v) is 2.69. The molecule has 20 heavy (non-hydrogen) atoms. The number of rotatable bonds is 4. The van der Waals surface area contributed by atoms with Gasteiger partial charge in [0, 0.05) is 24.3 Å². The van der Waals surface area contributed by atoms with E-state index in [-0.39, 0.29) is 6.04 Å². The van der Waals surface area contributed by atoms with Crippen molar-refractivity contribution >= 4 is 10.9 Å². The van der Waals surface area contributed by atoms with Gasteiger partial charge in [0.2, 0.25) is 0 Å². The van der Waals surface area contributed by atoms with E-state index in [0.29, 0.717) is 0 Å². The van der Waals surface area contributed by atoms with Crippen molar-refractivity contribution in [3.05, 3.63) is 60.0 Å². The smallest absolute Gasteiger partial charge is 0.0752 e. The third kappa shape index (κ3) is 2.08. The monoisotopic (exact) mass is 266 g/mol. The van der Waals surface area contributed by atoms with Gasteiger partial charge in [-0.15, -0.1) is 0 Å². The molecule has 2 heterocycles. The molecule has 3 rings (SSSR count). The average molecular weight is 266 g/mol. The minimum Gasteiger partial charge on any atom is -0.308 e. The Morgan fingerprint density at radius 3 is 2.85 bits per heavy atom. The second-order valence-corrected chi connectivity index (χ2v) is 4.71. The molecule has 1 unspecified atom stereocenters. The van der Waals surface area contributed by atoms with Gasteiger partial charge in [0.25, 0.3) is 0 Å². The van der Waals surface area contributed by atoms with Crippen molar-refractivity contribution in [3.63, 3.8) is 0 Å². The number of hydrogen-bond acceptors (Lipinski definition) is 3. The van der Waals surface area contributed by atoms with Crippen molar-refractivity contribution in [1.82, 2.24) is 20.1 Å². The first kappa shape index (κ1) is 12.8. The summed E-state index contributed by atoms with van der Waals surface area (Å²) < 4.78 is 2.02. The maximum Gasteiger partial charge on any atom is 0.0752 e. The lowest BCUT2D eigenvalue weighted by Crippen LogP contribution is -2.21. The third-order valence-electron chi connectivity index (χ3n) is 3.62. The van der Waals surface area contributed by atoms with Gasteiger partial charge in [-0.25, -0.2) is 0 Å². The molecule has 2 aromatic heterocycles. The Bertz CT molecular complexity index is 712. The van der Waals surface area contributed by atoms with Crippen LogP contribution in [0.1, 0.15) is 24.2 Å². The van der Waals surface area contributed by atoms with Gasteiger partial charge in [-0.1, -0.05) is 18.2 Å². The van der Waals surface area contributed by atoms with Crippen molar-refractivity contribution in [3.8, 4) is 0 Å². The number of aryl methyl sites for hydroxylation is 1. The Balaban J connectivity index is 2.17. The summed E-state index contributed by atoms with van der Waals surface area (Å²) >= 11 is 0. The van der Waals surface area contributed by atoms with Gasteiger partial charge < -0.3 is 5.32 Å². The summed E-state index contributed by atoms with van der Waals surface area (Å²) in [5.41, 5.74) is 3.42. The molecule has 0 aliphatic heterocycles. The predicted molar refractivity (Wildman–Crippen MR) is 80.5 cm³/mol. The maximum atomic E-state index is 4.43. The minimum atomic E-state index is 0.116. The van der Waals surface area contributed by atoms with Crippen molar-refractivity contribution < 1.29 is 0 Å². The van der Waals surface area contributed by atoms with E-state index in [2.05, 4.69) is 46.6 Å². The Kier molecular flexibility index (Phi) is 3.48. The molecule has 0 saturated carbocycles. The Morgan fingerprint density at radius 1 is 1.15 bits per heavy atom. The zero-order chi connectivity index (χ0) is 13.9. The quantitative estimate of drug-likeness (QED) is 0.789. The number of fused-ring (bicyclic) bond motifs is 1. The number of nitrogens with one attached hydrogen (secondary N) is 1. The lowest BCUT2D eigenvalue weighted by Gasteiger charge is -2.19. The van der Waals surface area contributed by atoms with E-state index in [1.165, 1.54) is 16.6 Å². The van der Waals surface area contributed by atoms with Crippen LogP contribution < -0.4 is 5.32 Å². The van der Waals surface area contributed by atoms with E-state index in [1.807, 2.05) is 36.3 Å². The molecule has 0 fully saturated rings. The van der Waals surface area contributed by atoms with Crippen LogP contribution in [0.2, 0.25) is 0 Å². The number of benzene rings is 1. The highest BCUT2D eigenvalue weighted by atomic mass is 15.3. The highest BCUT2D eigenvalue weighted by Gasteiger charge is 2.18. The Labute approximate surface area is 118 Å². The molecule has 0 radical (unpaired) electrons. The minimum absolute atomic E-state index is 0.116. The van der Waals surface area contributed by atoms with Crippen LogP contribution in [0, 0.1) is 0 Å². The molecule has 0 amide bonds. The van der Waals surface area contributed by atoms with Gasteiger partial charge in [-0.3, -0.25) is 9.67 Å². The number of pyridine rings is 1. The fourth-order valence-electron chi connectivity index (χ4n) is 2.69. The van der Waals surface area contributed by atoms with Gasteiger partial charge in [-0.05, 0) is 37.7 Å². The summed E-state index contributed by atoms with van der Waals surface area (Å²) in [5.74, 6) is 0. The highest BCUT2D eigenvalue weighted by Crippen LogP contribution is 2.27. The van der Waals surface area contributed by atoms with Crippen LogP contribution in [0.5, 0.6) is 0 Å². The van der Waals surface area contributed by atoms with E-state index in [9.17, 15) is 0 Å². The molecule has 1 aromatic carbocycles. The SMILES string of the molecule is CCn1nccc1C(NC)c1cccc2ncccc12. The molecule has 0 spiro atoms. The summed E-state index contributed by atoms with van der Waals surface area (Å²) in [5, 5.41) is 8.95. The topological polar surface area (TPSA) is 42.7 Å². The Morgan fingerprint density at radius 2 is 2.05 bits per heavy atom. The second kappa shape index (κ2) is 5.43. The molecule has 4 heteroatoms. The van der Waals surface area contributed by atoms with E-state index in [1.54, 1.807) is 0 Å². The number of hydrogen-bond donors (Lipinski definition) is 1. The van der Waals surface area contributed by atoms with Gasteiger partial charge in [0.05, 0.1) is 17.3 Å². The van der Waals surface area contributed by atoms with Crippen LogP contribution in [0.4, 0.5) is 0 Å². The first-order chi connectivity index (χ1) is 9.85. The lowest BCUT2D eigenvalue weighted by atomic mass is 9.99. The average Bonchev–Trinajstić information content (AvgIpc) is 2.97. The van der Waals surface area contributed by atoms with Crippen LogP contribution in [0.3, 0.4) is 0 Å². The first-order valence-electron chi connectivity index (χ1n) is 6.87. The van der Waals surface area contributed by atoms with Crippen LogP contribution in [-0.2, 0) is 6.54 Å². The van der Waals surface area contributed by atoms with Crippen molar-refractivity contribution in [2.75, 3.05) is 7.05 Å². The fraction of sp³-hybridized carbons (Fsp3) is 0.250. The molecule has 4 nitrogen and oxygen atoms in total. The van der Waals surface area contributed by atoms with E-state index < -0.39 is 0 Å². The second-order valence-electron chi connectivity index (χ2n) is 4.71. The standard InChI is InChI=1S/C16H18N4/c1-3-20-15(9-11-19-20)16(17-2)13-6-4-8-14-12(13)7-5-10-18-14/h4-11,16-17H,3H2,1-2H3. The molecular weight excluding hydrogens is 248 g/mol. The summed E-state index contributed by atoms with van der Waals surface area (Å²) in [4.78, 5) is 4.43. The summed E-state index contributed by atoms with van der Waals surface area (Å²) in [6.45, 7) is 2.97. The van der Waals surface area contributed by atoms with Gasteiger partial charge in [0.15, 0.2) is 0 Å². The summed E-state index contributed by atoms with van der Waals surface area (Å²) in [6, 6.07) is 12.5. The maximum absolute atomic E-state index is 4.43. The van der Waals surface area contributed by atoms with Gasteiger partial charge in [-0.2, -0.15) is 5.10 Å². The molecule has 0 bridgehead atoms. The number of aromatic nitrogens is 3. The van der Waals surface area contributed by atoms with E-state index in [4.69, 9.17) is 0 Å². The van der Waals surface area contributed by atoms with Gasteiger partial charge in [0.1, 0.15) is 0 Å². The zero-order valence-electron chi connectivity index (χ0n) is 11.7. The Hall–Kier alpha value is -2.20. The van der Waals surface area contributed by atoms with Crippen molar-refractivity contribution in [2.45, 2.75) is 19.5 Å². The molecule has 102 valence electrons. The molecular formula is C16H18N4. The molecule has 0 aliphatic carbocycles. The number of nitrogens with zero attached hydrogens (tertiary/aromatic N) is 3. The summed E-state index contributed by atoms with van der Waals surface area (Å²) in [7, 11) is 1.98. The summed E-state index contributed by atoms with van der Waals surface area (Å²) in [6.07, 6.45) is 3.68. The molecule has 1 N–H and O–H groups in total. The molecule has 0 saturated heterocycles. The van der Waals surface area contributed by atoms with Crippen molar-refractivity contribution in [1.29, 1.82) is 0 Å². The molecule has 3 aromatic rings. The van der Waals surface area contributed by atoms with Gasteiger partial charge >= 0.3 is 0 Å². The van der Waals surface area contributed by atoms with Crippen molar-refractivity contribution in [2.24, 2.45) is 0 Å². The zero-order valence-corrected chi connectivity index (χ0v) is 11.7. The first-order valence-corrected chi connectivity index (χ1v) is 6.87. The highest BCUT2D eigenvalue weighted by molar-refractivity contribution is 5.82. The molecule has 1 atom stereocenters. The van der Waals surface area contributed by atoms with E-state index in [0.717, 1.165) is 12.1 Å². The normalized spacial score (nSPS) is 12.7. The lowest BCUT2D eigenvalue weighted by molar-refractivity contribution is 0.565. The predicted octanol–water partition coefficient (Wildman–Crippen LogP) is 2.76. The van der Waals surface area contributed by atoms with Crippen LogP contribution in [0.15, 0.2) is 48.8 Å². The molecule has 0 aliphatic rings. The van der Waals surface area contributed by atoms with Crippen LogP contribution in [-0.4, -0.2) is 21.8 Å². The third-order valence-corrected chi connectivity index (χ3v) is 3.62. The van der Waals surface area contributed by atoms with Crippen LogP contribution >= 0.6 is 0 Å². The van der Waals surface area contributed by atoms with E-state index >= 15 is 0 Å². The largest absolute Gasteiger partial charge is 0.308 e. The van der Waals surface area contributed by atoms with Crippen LogP contribution in [0.25, 0.3) is 10.9 Å².